The molecule has 0 spiro atoms. The van der Waals surface area contributed by atoms with Gasteiger partial charge in [0, 0.05) is 17.8 Å². The zero-order chi connectivity index (χ0) is 21.3. The van der Waals surface area contributed by atoms with Gasteiger partial charge in [-0.15, -0.1) is 22.0 Å². The summed E-state index contributed by atoms with van der Waals surface area (Å²) in [6.45, 7) is 6.46. The molecule has 0 N–H and O–H groups in total. The molecule has 0 bridgehead atoms. The molecule has 0 aromatic carbocycles. The smallest absolute Gasteiger partial charge is 0.358 e. The summed E-state index contributed by atoms with van der Waals surface area (Å²) in [5.74, 6) is -1.39. The van der Waals surface area contributed by atoms with Crippen molar-refractivity contribution in [3.63, 3.8) is 0 Å². The second-order valence-corrected chi connectivity index (χ2v) is 9.31. The summed E-state index contributed by atoms with van der Waals surface area (Å²) < 4.78 is 38.3. The minimum absolute atomic E-state index is 0.0451. The number of halogens is 3. The molecule has 1 saturated carbocycles. The van der Waals surface area contributed by atoms with Gasteiger partial charge in [-0.1, -0.05) is 6.92 Å². The molecule has 0 aromatic rings. The first-order valence-electron chi connectivity index (χ1n) is 9.92. The monoisotopic (exact) mass is 436 g/mol. The van der Waals surface area contributed by atoms with E-state index in [1.165, 1.54) is 11.8 Å². The fourth-order valence-electron chi connectivity index (χ4n) is 4.16. The van der Waals surface area contributed by atoms with Crippen LogP contribution in [0, 0.1) is 17.2 Å². The van der Waals surface area contributed by atoms with Gasteiger partial charge in [-0.2, -0.15) is 18.4 Å². The molecule has 2 heterocycles. The molecule has 0 amide bonds. The second kappa shape index (κ2) is 8.98. The minimum atomic E-state index is -5.12. The Morgan fingerprint density at radius 1 is 1.28 bits per heavy atom. The average molecular weight is 437 g/mol. The van der Waals surface area contributed by atoms with Gasteiger partial charge < -0.3 is 4.84 Å². The van der Waals surface area contributed by atoms with Crippen LogP contribution in [0.4, 0.5) is 13.2 Å². The van der Waals surface area contributed by atoms with Crippen molar-refractivity contribution in [1.29, 1.82) is 5.26 Å². The van der Waals surface area contributed by atoms with E-state index in [-0.39, 0.29) is 30.5 Å². The van der Waals surface area contributed by atoms with Crippen molar-refractivity contribution in [3.05, 3.63) is 0 Å². The van der Waals surface area contributed by atoms with Crippen LogP contribution >= 0.6 is 11.8 Å². The lowest BCUT2D eigenvalue weighted by Crippen LogP contribution is -2.57. The van der Waals surface area contributed by atoms with E-state index < -0.39 is 23.6 Å². The van der Waals surface area contributed by atoms with Crippen molar-refractivity contribution >= 4 is 17.7 Å². The summed E-state index contributed by atoms with van der Waals surface area (Å²) in [6.07, 6.45) is -1.04. The minimum Gasteiger partial charge on any atom is -0.358 e. The maximum absolute atomic E-state index is 12.8. The van der Waals surface area contributed by atoms with E-state index in [0.29, 0.717) is 5.92 Å². The van der Waals surface area contributed by atoms with Crippen molar-refractivity contribution in [2.75, 3.05) is 12.4 Å². The van der Waals surface area contributed by atoms with Gasteiger partial charge in [0.05, 0.1) is 18.7 Å². The van der Waals surface area contributed by atoms with Crippen molar-refractivity contribution in [2.24, 2.45) is 5.92 Å². The quantitative estimate of drug-likeness (QED) is 0.666. The van der Waals surface area contributed by atoms with E-state index in [1.807, 2.05) is 19.9 Å². The molecule has 3 atom stereocenters. The van der Waals surface area contributed by atoms with Gasteiger partial charge in [-0.3, -0.25) is 4.84 Å². The van der Waals surface area contributed by atoms with Gasteiger partial charge in [0.1, 0.15) is 11.4 Å². The maximum Gasteiger partial charge on any atom is 0.492 e. The molecule has 11 heteroatoms. The summed E-state index contributed by atoms with van der Waals surface area (Å²) in [5.41, 5.74) is 0. The lowest BCUT2D eigenvalue weighted by molar-refractivity contribution is -0.266. The van der Waals surface area contributed by atoms with Crippen molar-refractivity contribution in [2.45, 2.75) is 82.2 Å². The third-order valence-corrected chi connectivity index (χ3v) is 7.00. The van der Waals surface area contributed by atoms with Gasteiger partial charge >= 0.3 is 12.1 Å². The summed E-state index contributed by atoms with van der Waals surface area (Å²) in [7, 11) is 0. The van der Waals surface area contributed by atoms with Gasteiger partial charge in [-0.25, -0.2) is 9.80 Å². The first-order valence-corrected chi connectivity index (χ1v) is 11.0. The summed E-state index contributed by atoms with van der Waals surface area (Å²) in [5, 5.41) is 13.6. The molecule has 1 aliphatic carbocycles. The highest BCUT2D eigenvalue weighted by Gasteiger charge is 2.53. The number of alkyl halides is 3. The Hall–Kier alpha value is -1.06. The molecule has 29 heavy (non-hydrogen) atoms. The molecule has 164 valence electrons. The van der Waals surface area contributed by atoms with E-state index >= 15 is 0 Å². The third-order valence-electron chi connectivity index (χ3n) is 5.63. The Labute approximate surface area is 172 Å². The van der Waals surface area contributed by atoms with Crippen LogP contribution < -0.4 is 0 Å². The molecule has 0 radical (unpaired) electrons. The molecule has 2 saturated heterocycles. The zero-order valence-electron chi connectivity index (χ0n) is 16.8. The molecular weight excluding hydrogens is 409 g/mol. The topological polar surface area (TPSA) is 69.0 Å². The number of carbonyl (C=O) groups is 1. The number of nitrogens with zero attached hydrogens (tertiary/aromatic N) is 4. The van der Waals surface area contributed by atoms with E-state index in [1.54, 1.807) is 5.17 Å². The van der Waals surface area contributed by atoms with Crippen LogP contribution in [0.3, 0.4) is 0 Å². The first kappa shape index (κ1) is 22.6. The van der Waals surface area contributed by atoms with Crippen LogP contribution in [0.2, 0.25) is 0 Å². The van der Waals surface area contributed by atoms with Gasteiger partial charge in [0.25, 0.3) is 0 Å². The molecule has 3 rings (SSSR count). The lowest BCUT2D eigenvalue weighted by atomic mass is 9.86. The van der Waals surface area contributed by atoms with E-state index in [0.717, 1.165) is 30.7 Å². The summed E-state index contributed by atoms with van der Waals surface area (Å²) in [6, 6.07) is 0.936. The highest BCUT2D eigenvalue weighted by molar-refractivity contribution is 8.00. The Balaban J connectivity index is 1.83. The van der Waals surface area contributed by atoms with Gasteiger partial charge in [0.15, 0.2) is 0 Å². The second-order valence-electron chi connectivity index (χ2n) is 8.16. The average Bonchev–Trinajstić information content (AvgIpc) is 3.25. The number of hydrogen-bond donors (Lipinski definition) is 0. The number of hydrazine groups is 1. The number of nitriles is 1. The van der Waals surface area contributed by atoms with E-state index in [2.05, 4.69) is 16.8 Å². The lowest BCUT2D eigenvalue weighted by Gasteiger charge is -2.43. The Kier molecular flexibility index (Phi) is 7.00. The van der Waals surface area contributed by atoms with Crippen LogP contribution in [-0.4, -0.2) is 69.3 Å². The Morgan fingerprint density at radius 2 is 1.93 bits per heavy atom. The standard InChI is InChI=1S/C18H27F3N4O3S/c1-11(2)25-23(13-6-4-12(3)5-7-13)15(9-27-25)16-24(14(8-22)10-29-16)28-17(26)18(19,20)21/h11-16H,4-7,9-10H2,1-3H3. The number of hydrogen-bond acceptors (Lipinski definition) is 8. The maximum atomic E-state index is 12.8. The molecule has 3 aliphatic rings. The van der Waals surface area contributed by atoms with Crippen molar-refractivity contribution < 1.29 is 27.6 Å². The third kappa shape index (κ3) is 4.82. The largest absolute Gasteiger partial charge is 0.492 e. The predicted octanol–water partition coefficient (Wildman–Crippen LogP) is 3.09. The summed E-state index contributed by atoms with van der Waals surface area (Å²) in [4.78, 5) is 22.0. The summed E-state index contributed by atoms with van der Waals surface area (Å²) >= 11 is 1.33. The van der Waals surface area contributed by atoms with Gasteiger partial charge in [-0.05, 0) is 45.4 Å². The highest BCUT2D eigenvalue weighted by atomic mass is 32.2. The number of rotatable bonds is 4. The van der Waals surface area contributed by atoms with E-state index in [9.17, 15) is 23.2 Å². The molecule has 7 nitrogen and oxygen atoms in total. The first-order chi connectivity index (χ1) is 13.6. The van der Waals surface area contributed by atoms with Gasteiger partial charge in [0.2, 0.25) is 0 Å². The normalized spacial score (nSPS) is 35.2. The van der Waals surface area contributed by atoms with Crippen LogP contribution in [-0.2, 0) is 14.5 Å². The number of thioether (sulfide) groups is 1. The molecule has 2 aliphatic heterocycles. The van der Waals surface area contributed by atoms with Crippen LogP contribution in [0.5, 0.6) is 0 Å². The Bertz CT molecular complexity index is 637. The molecule has 3 unspecified atom stereocenters. The molecule has 3 fully saturated rings. The van der Waals surface area contributed by atoms with Crippen molar-refractivity contribution in [1.82, 2.24) is 15.2 Å². The predicted molar refractivity (Wildman–Crippen MR) is 99.6 cm³/mol. The van der Waals surface area contributed by atoms with Crippen LogP contribution in [0.15, 0.2) is 0 Å². The fourth-order valence-corrected chi connectivity index (χ4v) is 5.52. The van der Waals surface area contributed by atoms with E-state index in [4.69, 9.17) is 4.84 Å². The molecular formula is C18H27F3N4O3S. The van der Waals surface area contributed by atoms with Crippen LogP contribution in [0.1, 0.15) is 46.5 Å². The fraction of sp³-hybridized carbons (Fsp3) is 0.889. The number of carbonyl (C=O) groups excluding carboxylic acids is 1. The Morgan fingerprint density at radius 3 is 2.48 bits per heavy atom. The highest BCUT2D eigenvalue weighted by Crippen LogP contribution is 2.40. The van der Waals surface area contributed by atoms with Crippen molar-refractivity contribution in [3.8, 4) is 6.07 Å². The molecule has 0 aromatic heterocycles. The number of hydroxylamine groups is 3. The zero-order valence-corrected chi connectivity index (χ0v) is 17.6. The SMILES string of the molecule is CC1CCC(N2C(C3SCC(C#N)N3OC(=O)C(F)(F)F)CON2C(C)C)CC1. The van der Waals surface area contributed by atoms with Crippen LogP contribution in [0.25, 0.3) is 0 Å².